The van der Waals surface area contributed by atoms with Gasteiger partial charge in [0.2, 0.25) is 0 Å². The van der Waals surface area contributed by atoms with Crippen molar-refractivity contribution in [1.29, 1.82) is 0 Å². The topological polar surface area (TPSA) is 44.3 Å². The Bertz CT molecular complexity index is 85.5. The zero-order valence-corrected chi connectivity index (χ0v) is 5.78. The van der Waals surface area contributed by atoms with E-state index in [-0.39, 0.29) is 5.41 Å². The Hall–Kier alpha value is -0.120. The lowest BCUT2D eigenvalue weighted by molar-refractivity contribution is 0.0700. The van der Waals surface area contributed by atoms with Crippen molar-refractivity contribution >= 4 is 0 Å². The average molecular weight is 130 g/mol. The molecule has 0 unspecified atom stereocenters. The van der Waals surface area contributed by atoms with E-state index in [0.29, 0.717) is 6.61 Å². The molecule has 1 aliphatic rings. The molecule has 0 saturated carbocycles. The molecule has 1 aliphatic heterocycles. The first-order valence-electron chi connectivity index (χ1n) is 3.29. The van der Waals surface area contributed by atoms with Crippen LogP contribution in [-0.2, 0) is 0 Å². The van der Waals surface area contributed by atoms with Gasteiger partial charge >= 0.3 is 0 Å². The Kier molecular flexibility index (Phi) is 2.05. The third-order valence-corrected chi connectivity index (χ3v) is 1.89. The highest BCUT2D eigenvalue weighted by atomic mass is 16.3. The molecule has 1 rings (SSSR count). The number of hydrogen-bond acceptors (Lipinski definition) is 3. The Balaban J connectivity index is 2.28. The highest BCUT2D eigenvalue weighted by Gasteiger charge is 2.35. The molecular weight excluding hydrogens is 116 g/mol. The molecule has 0 aromatic rings. The number of aliphatic hydroxyl groups excluding tert-OH is 1. The van der Waals surface area contributed by atoms with Crippen LogP contribution in [0, 0.1) is 5.41 Å². The van der Waals surface area contributed by atoms with Crippen molar-refractivity contribution in [3.8, 4) is 0 Å². The van der Waals surface area contributed by atoms with Crippen molar-refractivity contribution in [1.82, 2.24) is 10.6 Å². The van der Waals surface area contributed by atoms with Crippen LogP contribution in [0.25, 0.3) is 0 Å². The van der Waals surface area contributed by atoms with Crippen molar-refractivity contribution in [2.75, 3.05) is 33.3 Å². The van der Waals surface area contributed by atoms with Crippen LogP contribution in [0.1, 0.15) is 0 Å². The molecule has 3 nitrogen and oxygen atoms in total. The molecule has 3 N–H and O–H groups in total. The molecule has 1 saturated heterocycles. The SMILES string of the molecule is CNCC1(CO)CNC1. The normalized spacial score (nSPS) is 23.3. The van der Waals surface area contributed by atoms with Crippen molar-refractivity contribution < 1.29 is 5.11 Å². The van der Waals surface area contributed by atoms with Gasteiger partial charge in [-0.25, -0.2) is 0 Å². The molecule has 0 aromatic carbocycles. The second kappa shape index (κ2) is 2.64. The van der Waals surface area contributed by atoms with Gasteiger partial charge in [-0.15, -0.1) is 0 Å². The van der Waals surface area contributed by atoms with Crippen LogP contribution in [0.15, 0.2) is 0 Å². The minimum Gasteiger partial charge on any atom is -0.396 e. The van der Waals surface area contributed by atoms with E-state index in [9.17, 15) is 0 Å². The number of hydrogen-bond donors (Lipinski definition) is 3. The highest BCUT2D eigenvalue weighted by molar-refractivity contribution is 4.92. The van der Waals surface area contributed by atoms with Gasteiger partial charge in [-0.05, 0) is 7.05 Å². The van der Waals surface area contributed by atoms with E-state index in [2.05, 4.69) is 10.6 Å². The Morgan fingerprint density at radius 2 is 2.33 bits per heavy atom. The monoisotopic (exact) mass is 130 g/mol. The van der Waals surface area contributed by atoms with Gasteiger partial charge in [0.25, 0.3) is 0 Å². The molecule has 1 fully saturated rings. The van der Waals surface area contributed by atoms with Crippen LogP contribution < -0.4 is 10.6 Å². The molecule has 1 heterocycles. The fourth-order valence-electron chi connectivity index (χ4n) is 1.15. The molecule has 0 aromatic heterocycles. The smallest absolute Gasteiger partial charge is 0.0524 e. The minimum absolute atomic E-state index is 0.148. The predicted octanol–water partition coefficient (Wildman–Crippen LogP) is -1.21. The van der Waals surface area contributed by atoms with E-state index in [0.717, 1.165) is 19.6 Å². The largest absolute Gasteiger partial charge is 0.396 e. The molecular formula is C6H14N2O. The Morgan fingerprint density at radius 3 is 2.44 bits per heavy atom. The van der Waals surface area contributed by atoms with Gasteiger partial charge in [0.05, 0.1) is 6.61 Å². The predicted molar refractivity (Wildman–Crippen MR) is 36.3 cm³/mol. The molecule has 0 atom stereocenters. The van der Waals surface area contributed by atoms with Gasteiger partial charge < -0.3 is 15.7 Å². The van der Waals surface area contributed by atoms with Crippen LogP contribution in [0.5, 0.6) is 0 Å². The zero-order valence-electron chi connectivity index (χ0n) is 5.78. The van der Waals surface area contributed by atoms with Crippen molar-refractivity contribution in [2.45, 2.75) is 0 Å². The van der Waals surface area contributed by atoms with Gasteiger partial charge in [-0.3, -0.25) is 0 Å². The van der Waals surface area contributed by atoms with Crippen molar-refractivity contribution in [2.24, 2.45) is 5.41 Å². The molecule has 0 radical (unpaired) electrons. The first-order chi connectivity index (χ1) is 4.33. The molecule has 9 heavy (non-hydrogen) atoms. The third kappa shape index (κ3) is 1.23. The quantitative estimate of drug-likeness (QED) is 0.449. The summed E-state index contributed by atoms with van der Waals surface area (Å²) in [6, 6.07) is 0. The molecule has 0 bridgehead atoms. The summed E-state index contributed by atoms with van der Waals surface area (Å²) in [5.74, 6) is 0. The molecule has 3 heteroatoms. The third-order valence-electron chi connectivity index (χ3n) is 1.89. The van der Waals surface area contributed by atoms with Crippen LogP contribution in [-0.4, -0.2) is 38.4 Å². The fraction of sp³-hybridized carbons (Fsp3) is 1.00. The summed E-state index contributed by atoms with van der Waals surface area (Å²) < 4.78 is 0. The maximum absolute atomic E-state index is 8.89. The minimum atomic E-state index is 0.148. The van der Waals surface area contributed by atoms with Crippen LogP contribution in [0.4, 0.5) is 0 Å². The maximum Gasteiger partial charge on any atom is 0.0524 e. The van der Waals surface area contributed by atoms with Crippen molar-refractivity contribution in [3.63, 3.8) is 0 Å². The standard InChI is InChI=1S/C6H14N2O/c1-7-2-6(5-9)3-8-4-6/h7-9H,2-5H2,1H3. The maximum atomic E-state index is 8.89. The van der Waals surface area contributed by atoms with E-state index in [1.165, 1.54) is 0 Å². The molecule has 0 spiro atoms. The van der Waals surface area contributed by atoms with Gasteiger partial charge in [0, 0.05) is 25.0 Å². The number of aliphatic hydroxyl groups is 1. The second-order valence-corrected chi connectivity index (χ2v) is 2.79. The fourth-order valence-corrected chi connectivity index (χ4v) is 1.15. The summed E-state index contributed by atoms with van der Waals surface area (Å²) in [7, 11) is 1.91. The van der Waals surface area contributed by atoms with Crippen molar-refractivity contribution in [3.05, 3.63) is 0 Å². The lowest BCUT2D eigenvalue weighted by Gasteiger charge is -2.40. The Morgan fingerprint density at radius 1 is 1.67 bits per heavy atom. The van der Waals surface area contributed by atoms with E-state index in [1.54, 1.807) is 0 Å². The summed E-state index contributed by atoms with van der Waals surface area (Å²) >= 11 is 0. The number of rotatable bonds is 3. The average Bonchev–Trinajstić information content (AvgIpc) is 1.79. The van der Waals surface area contributed by atoms with E-state index < -0.39 is 0 Å². The summed E-state index contributed by atoms with van der Waals surface area (Å²) in [5.41, 5.74) is 0.148. The van der Waals surface area contributed by atoms with Crippen LogP contribution in [0.3, 0.4) is 0 Å². The molecule has 0 aliphatic carbocycles. The number of nitrogens with one attached hydrogen (secondary N) is 2. The van der Waals surface area contributed by atoms with Gasteiger partial charge in [-0.1, -0.05) is 0 Å². The first-order valence-corrected chi connectivity index (χ1v) is 3.29. The van der Waals surface area contributed by atoms with E-state index >= 15 is 0 Å². The summed E-state index contributed by atoms with van der Waals surface area (Å²) in [5, 5.41) is 15.1. The molecule has 54 valence electrons. The van der Waals surface area contributed by atoms with E-state index in [4.69, 9.17) is 5.11 Å². The van der Waals surface area contributed by atoms with Crippen LogP contribution in [0.2, 0.25) is 0 Å². The Labute approximate surface area is 55.5 Å². The molecule has 0 amide bonds. The summed E-state index contributed by atoms with van der Waals surface area (Å²) in [4.78, 5) is 0. The lowest BCUT2D eigenvalue weighted by Crippen LogP contribution is -2.59. The zero-order chi connectivity index (χ0) is 6.74. The lowest BCUT2D eigenvalue weighted by atomic mass is 9.83. The van der Waals surface area contributed by atoms with Gasteiger partial charge in [0.15, 0.2) is 0 Å². The summed E-state index contributed by atoms with van der Waals surface area (Å²) in [6.07, 6.45) is 0. The van der Waals surface area contributed by atoms with Crippen LogP contribution >= 0.6 is 0 Å². The van der Waals surface area contributed by atoms with E-state index in [1.807, 2.05) is 7.05 Å². The van der Waals surface area contributed by atoms with Gasteiger partial charge in [0.1, 0.15) is 0 Å². The summed E-state index contributed by atoms with van der Waals surface area (Å²) in [6.45, 7) is 3.10. The van der Waals surface area contributed by atoms with Gasteiger partial charge in [-0.2, -0.15) is 0 Å². The second-order valence-electron chi connectivity index (χ2n) is 2.79. The highest BCUT2D eigenvalue weighted by Crippen LogP contribution is 2.19. The first kappa shape index (κ1) is 6.99.